The van der Waals surface area contributed by atoms with E-state index in [-0.39, 0.29) is 24.3 Å². The molecule has 0 saturated carbocycles. The summed E-state index contributed by atoms with van der Waals surface area (Å²) in [6.45, 7) is 2.91. The summed E-state index contributed by atoms with van der Waals surface area (Å²) in [6.07, 6.45) is 0. The molecule has 1 atom stereocenters. The summed E-state index contributed by atoms with van der Waals surface area (Å²) in [5, 5.41) is 2.81. The van der Waals surface area contributed by atoms with Gasteiger partial charge in [-0.3, -0.25) is 9.69 Å². The predicted octanol–water partition coefficient (Wildman–Crippen LogP) is 3.01. The van der Waals surface area contributed by atoms with Crippen LogP contribution in [0.15, 0.2) is 54.6 Å². The molecule has 0 saturated heterocycles. The Bertz CT molecular complexity index is 649. The number of nitrogens with one attached hydrogen (secondary N) is 1. The highest BCUT2D eigenvalue weighted by atomic mass is 19.1. The van der Waals surface area contributed by atoms with Gasteiger partial charge in [0.25, 0.3) is 0 Å². The van der Waals surface area contributed by atoms with Crippen LogP contribution in [0.3, 0.4) is 0 Å². The number of rotatable bonds is 8. The Morgan fingerprint density at radius 1 is 1.17 bits per heavy atom. The fourth-order valence-electron chi connectivity index (χ4n) is 2.35. The fraction of sp³-hybridized carbons (Fsp3) is 0.316. The van der Waals surface area contributed by atoms with Crippen molar-refractivity contribution >= 4 is 5.91 Å². The highest BCUT2D eigenvalue weighted by molar-refractivity contribution is 5.78. The molecule has 0 bridgehead atoms. The van der Waals surface area contributed by atoms with E-state index in [9.17, 15) is 9.18 Å². The quantitative estimate of drug-likeness (QED) is 0.757. The molecule has 0 radical (unpaired) electrons. The molecule has 1 amide bonds. The van der Waals surface area contributed by atoms with Gasteiger partial charge in [-0.1, -0.05) is 36.4 Å². The Morgan fingerprint density at radius 2 is 1.83 bits per heavy atom. The van der Waals surface area contributed by atoms with Crippen LogP contribution in [-0.2, 0) is 4.79 Å². The van der Waals surface area contributed by atoms with Gasteiger partial charge in [0.05, 0.1) is 13.1 Å². The van der Waals surface area contributed by atoms with Gasteiger partial charge in [-0.15, -0.1) is 0 Å². The number of carbonyl (C=O) groups is 1. The number of amides is 1. The minimum absolute atomic E-state index is 0.114. The van der Waals surface area contributed by atoms with Gasteiger partial charge in [-0.2, -0.15) is 0 Å². The van der Waals surface area contributed by atoms with E-state index in [1.54, 1.807) is 25.2 Å². The summed E-state index contributed by atoms with van der Waals surface area (Å²) in [4.78, 5) is 13.8. The van der Waals surface area contributed by atoms with Gasteiger partial charge in [0, 0.05) is 11.6 Å². The second-order valence-electron chi connectivity index (χ2n) is 5.62. The molecule has 2 aromatic rings. The van der Waals surface area contributed by atoms with E-state index in [0.717, 1.165) is 5.75 Å². The molecule has 0 aliphatic heterocycles. The number of hydrogen-bond donors (Lipinski definition) is 1. The maximum atomic E-state index is 13.8. The number of likely N-dealkylation sites (N-methyl/N-ethyl adjacent to an activating group) is 1. The molecular formula is C19H23FN2O2. The lowest BCUT2D eigenvalue weighted by Gasteiger charge is -2.24. The van der Waals surface area contributed by atoms with Crippen molar-refractivity contribution in [3.63, 3.8) is 0 Å². The van der Waals surface area contributed by atoms with E-state index in [2.05, 4.69) is 5.32 Å². The molecule has 0 fully saturated rings. The Morgan fingerprint density at radius 3 is 2.54 bits per heavy atom. The van der Waals surface area contributed by atoms with Crippen molar-refractivity contribution in [2.75, 3.05) is 26.7 Å². The molecule has 24 heavy (non-hydrogen) atoms. The smallest absolute Gasteiger partial charge is 0.234 e. The van der Waals surface area contributed by atoms with Crippen LogP contribution in [0.25, 0.3) is 0 Å². The average Bonchev–Trinajstić information content (AvgIpc) is 2.59. The first-order valence-corrected chi connectivity index (χ1v) is 7.97. The maximum Gasteiger partial charge on any atom is 0.234 e. The number of ether oxygens (including phenoxy) is 1. The second-order valence-corrected chi connectivity index (χ2v) is 5.62. The van der Waals surface area contributed by atoms with E-state index in [4.69, 9.17) is 4.74 Å². The zero-order chi connectivity index (χ0) is 17.4. The van der Waals surface area contributed by atoms with Crippen molar-refractivity contribution in [3.8, 4) is 5.75 Å². The number of hydrogen-bond acceptors (Lipinski definition) is 3. The number of nitrogens with zero attached hydrogens (tertiary/aromatic N) is 1. The first-order valence-electron chi connectivity index (χ1n) is 7.97. The summed E-state index contributed by atoms with van der Waals surface area (Å²) in [5.41, 5.74) is 0.584. The van der Waals surface area contributed by atoms with Crippen LogP contribution in [0.1, 0.15) is 18.5 Å². The molecule has 0 aliphatic rings. The molecule has 5 heteroatoms. The monoisotopic (exact) mass is 330 g/mol. The first kappa shape index (κ1) is 17.9. The second kappa shape index (κ2) is 9.03. The first-order chi connectivity index (χ1) is 11.6. The van der Waals surface area contributed by atoms with Crippen molar-refractivity contribution in [1.82, 2.24) is 10.2 Å². The summed E-state index contributed by atoms with van der Waals surface area (Å²) in [6, 6.07) is 15.9. The molecule has 128 valence electrons. The highest BCUT2D eigenvalue weighted by Gasteiger charge is 2.17. The van der Waals surface area contributed by atoms with E-state index in [1.807, 2.05) is 42.2 Å². The lowest BCUT2D eigenvalue weighted by Crippen LogP contribution is -2.38. The third-order valence-electron chi connectivity index (χ3n) is 3.85. The summed E-state index contributed by atoms with van der Waals surface area (Å²) in [7, 11) is 1.80. The molecule has 2 rings (SSSR count). The van der Waals surface area contributed by atoms with Gasteiger partial charge in [0.2, 0.25) is 5.91 Å². The summed E-state index contributed by atoms with van der Waals surface area (Å²) in [5.74, 6) is 0.405. The fourth-order valence-corrected chi connectivity index (χ4v) is 2.35. The summed E-state index contributed by atoms with van der Waals surface area (Å²) >= 11 is 0. The van der Waals surface area contributed by atoms with Crippen LogP contribution in [-0.4, -0.2) is 37.6 Å². The van der Waals surface area contributed by atoms with Crippen LogP contribution in [0.4, 0.5) is 4.39 Å². The van der Waals surface area contributed by atoms with Crippen molar-refractivity contribution in [3.05, 3.63) is 66.0 Å². The van der Waals surface area contributed by atoms with Crippen LogP contribution in [0.5, 0.6) is 5.75 Å². The largest absolute Gasteiger partial charge is 0.492 e. The molecule has 0 heterocycles. The van der Waals surface area contributed by atoms with Crippen LogP contribution in [0.2, 0.25) is 0 Å². The minimum Gasteiger partial charge on any atom is -0.492 e. The Hall–Kier alpha value is -2.40. The number of carbonyl (C=O) groups excluding carboxylic acids is 1. The molecule has 1 unspecified atom stereocenters. The number of para-hydroxylation sites is 1. The standard InChI is InChI=1S/C19H23FN2O2/c1-15(17-10-6-7-11-18(17)20)22(2)14-19(23)21-12-13-24-16-8-4-3-5-9-16/h3-11,15H,12-14H2,1-2H3,(H,21,23). The van der Waals surface area contributed by atoms with Crippen molar-refractivity contribution in [1.29, 1.82) is 0 Å². The molecule has 1 N–H and O–H groups in total. The minimum atomic E-state index is -0.256. The van der Waals surface area contributed by atoms with Crippen LogP contribution >= 0.6 is 0 Å². The van der Waals surface area contributed by atoms with E-state index in [0.29, 0.717) is 18.7 Å². The predicted molar refractivity (Wildman–Crippen MR) is 92.4 cm³/mol. The Balaban J connectivity index is 1.72. The zero-order valence-corrected chi connectivity index (χ0v) is 14.0. The van der Waals surface area contributed by atoms with Gasteiger partial charge in [0.1, 0.15) is 18.2 Å². The molecule has 0 aromatic heterocycles. The van der Waals surface area contributed by atoms with Crippen LogP contribution in [0, 0.1) is 5.82 Å². The molecule has 2 aromatic carbocycles. The lowest BCUT2D eigenvalue weighted by molar-refractivity contribution is -0.122. The third-order valence-corrected chi connectivity index (χ3v) is 3.85. The van der Waals surface area contributed by atoms with E-state index in [1.165, 1.54) is 6.07 Å². The number of benzene rings is 2. The van der Waals surface area contributed by atoms with Crippen molar-refractivity contribution < 1.29 is 13.9 Å². The van der Waals surface area contributed by atoms with Gasteiger partial charge in [0.15, 0.2) is 0 Å². The third kappa shape index (κ3) is 5.35. The SMILES string of the molecule is CC(c1ccccc1F)N(C)CC(=O)NCCOc1ccccc1. The van der Waals surface area contributed by atoms with E-state index >= 15 is 0 Å². The van der Waals surface area contributed by atoms with Crippen molar-refractivity contribution in [2.24, 2.45) is 0 Å². The normalized spacial score (nSPS) is 12.0. The average molecular weight is 330 g/mol. The lowest BCUT2D eigenvalue weighted by atomic mass is 10.1. The molecule has 0 aliphatic carbocycles. The molecular weight excluding hydrogens is 307 g/mol. The Kier molecular flexibility index (Phi) is 6.75. The summed E-state index contributed by atoms with van der Waals surface area (Å²) < 4.78 is 19.3. The van der Waals surface area contributed by atoms with Gasteiger partial charge in [-0.25, -0.2) is 4.39 Å². The van der Waals surface area contributed by atoms with Crippen molar-refractivity contribution in [2.45, 2.75) is 13.0 Å². The molecule has 4 nitrogen and oxygen atoms in total. The molecule has 0 spiro atoms. The van der Waals surface area contributed by atoms with Crippen LogP contribution < -0.4 is 10.1 Å². The topological polar surface area (TPSA) is 41.6 Å². The number of halogens is 1. The zero-order valence-electron chi connectivity index (χ0n) is 14.0. The van der Waals surface area contributed by atoms with Gasteiger partial charge < -0.3 is 10.1 Å². The van der Waals surface area contributed by atoms with E-state index < -0.39 is 0 Å². The highest BCUT2D eigenvalue weighted by Crippen LogP contribution is 2.20. The maximum absolute atomic E-state index is 13.8. The Labute approximate surface area is 142 Å². The van der Waals surface area contributed by atoms with Gasteiger partial charge in [-0.05, 0) is 32.2 Å². The van der Waals surface area contributed by atoms with Gasteiger partial charge >= 0.3 is 0 Å².